The number of para-hydroxylation sites is 2. The molecular weight excluding hydrogens is 326 g/mol. The van der Waals surface area contributed by atoms with Gasteiger partial charge in [0.15, 0.2) is 0 Å². The molecule has 1 N–H and O–H groups in total. The lowest BCUT2D eigenvalue weighted by Gasteiger charge is -2.11. The third-order valence-corrected chi connectivity index (χ3v) is 4.18. The Morgan fingerprint density at radius 3 is 2.81 bits per heavy atom. The fraction of sp³-hybridized carbons (Fsp3) is 0.235. The lowest BCUT2D eigenvalue weighted by atomic mass is 10.2. The maximum absolute atomic E-state index is 4.74. The van der Waals surface area contributed by atoms with Crippen molar-refractivity contribution in [1.82, 2.24) is 9.55 Å². The number of nitrogens with zero attached hydrogens (tertiary/aromatic N) is 2. The van der Waals surface area contributed by atoms with E-state index in [4.69, 9.17) is 4.98 Å². The molecule has 3 nitrogen and oxygen atoms in total. The molecule has 0 atom stereocenters. The Labute approximate surface area is 133 Å². The minimum absolute atomic E-state index is 0.722. The Morgan fingerprint density at radius 1 is 1.19 bits per heavy atom. The normalized spacial score (nSPS) is 11.0. The van der Waals surface area contributed by atoms with Crippen LogP contribution in [0, 0.1) is 6.92 Å². The van der Waals surface area contributed by atoms with Gasteiger partial charge in [-0.25, -0.2) is 4.98 Å². The molecule has 0 bridgehead atoms. The number of nitrogens with one attached hydrogen (secondary N) is 1. The number of imidazole rings is 1. The molecule has 3 aromatic rings. The van der Waals surface area contributed by atoms with Gasteiger partial charge in [-0.1, -0.05) is 34.1 Å². The van der Waals surface area contributed by atoms with Crippen molar-refractivity contribution >= 4 is 32.7 Å². The zero-order valence-corrected chi connectivity index (χ0v) is 13.8. The van der Waals surface area contributed by atoms with E-state index in [1.807, 2.05) is 6.07 Å². The van der Waals surface area contributed by atoms with Gasteiger partial charge in [0.2, 0.25) is 0 Å². The first-order valence-electron chi connectivity index (χ1n) is 7.13. The van der Waals surface area contributed by atoms with Crippen LogP contribution in [-0.4, -0.2) is 9.55 Å². The van der Waals surface area contributed by atoms with Gasteiger partial charge < -0.3 is 9.88 Å². The van der Waals surface area contributed by atoms with Gasteiger partial charge in [-0.3, -0.25) is 0 Å². The van der Waals surface area contributed by atoms with E-state index in [2.05, 4.69) is 76.1 Å². The number of anilines is 1. The topological polar surface area (TPSA) is 29.9 Å². The molecule has 1 aromatic heterocycles. The van der Waals surface area contributed by atoms with Gasteiger partial charge in [-0.2, -0.15) is 0 Å². The summed E-state index contributed by atoms with van der Waals surface area (Å²) in [5.74, 6) is 1.07. The van der Waals surface area contributed by atoms with Crippen molar-refractivity contribution in [2.75, 3.05) is 5.32 Å². The smallest absolute Gasteiger partial charge is 0.129 e. The minimum atomic E-state index is 0.722. The first-order chi connectivity index (χ1) is 10.2. The predicted octanol–water partition coefficient (Wildman–Crippen LogP) is 4.74. The van der Waals surface area contributed by atoms with E-state index in [1.165, 1.54) is 11.1 Å². The molecule has 0 unspecified atom stereocenters. The molecule has 0 saturated carbocycles. The highest BCUT2D eigenvalue weighted by molar-refractivity contribution is 9.10. The van der Waals surface area contributed by atoms with Crippen molar-refractivity contribution in [3.8, 4) is 0 Å². The number of hydrogen-bond acceptors (Lipinski definition) is 2. The lowest BCUT2D eigenvalue weighted by molar-refractivity contribution is 0.728. The highest BCUT2D eigenvalue weighted by atomic mass is 79.9. The molecule has 0 aliphatic carbocycles. The van der Waals surface area contributed by atoms with E-state index in [1.54, 1.807) is 0 Å². The Bertz CT molecular complexity index is 777. The second kappa shape index (κ2) is 5.90. The summed E-state index contributed by atoms with van der Waals surface area (Å²) in [4.78, 5) is 4.74. The molecule has 3 rings (SSSR count). The molecule has 4 heteroatoms. The van der Waals surface area contributed by atoms with Crippen LogP contribution < -0.4 is 5.32 Å². The maximum Gasteiger partial charge on any atom is 0.129 e. The summed E-state index contributed by atoms with van der Waals surface area (Å²) in [5.41, 5.74) is 4.63. The van der Waals surface area contributed by atoms with E-state index >= 15 is 0 Å². The molecule has 1 heterocycles. The van der Waals surface area contributed by atoms with Crippen molar-refractivity contribution in [1.29, 1.82) is 0 Å². The Hall–Kier alpha value is -1.81. The van der Waals surface area contributed by atoms with Crippen molar-refractivity contribution in [3.63, 3.8) is 0 Å². The van der Waals surface area contributed by atoms with Crippen LogP contribution in [0.25, 0.3) is 11.0 Å². The summed E-state index contributed by atoms with van der Waals surface area (Å²) in [7, 11) is 0. The van der Waals surface area contributed by atoms with Crippen molar-refractivity contribution in [2.24, 2.45) is 0 Å². The number of halogens is 1. The number of hydrogen-bond donors (Lipinski definition) is 1. The van der Waals surface area contributed by atoms with Crippen LogP contribution in [0.4, 0.5) is 5.69 Å². The summed E-state index contributed by atoms with van der Waals surface area (Å²) < 4.78 is 3.34. The molecule has 0 aliphatic heterocycles. The molecule has 0 amide bonds. The van der Waals surface area contributed by atoms with Crippen LogP contribution in [0.1, 0.15) is 18.3 Å². The lowest BCUT2D eigenvalue weighted by Crippen LogP contribution is -2.08. The van der Waals surface area contributed by atoms with Crippen molar-refractivity contribution in [3.05, 3.63) is 58.3 Å². The van der Waals surface area contributed by atoms with Crippen LogP contribution >= 0.6 is 15.9 Å². The highest BCUT2D eigenvalue weighted by Gasteiger charge is 2.09. The summed E-state index contributed by atoms with van der Waals surface area (Å²) in [6, 6.07) is 14.6. The summed E-state index contributed by atoms with van der Waals surface area (Å²) >= 11 is 3.52. The molecule has 0 spiro atoms. The third kappa shape index (κ3) is 2.81. The summed E-state index contributed by atoms with van der Waals surface area (Å²) in [6.07, 6.45) is 0. The molecule has 0 saturated heterocycles. The molecule has 0 aliphatic rings. The van der Waals surface area contributed by atoms with Gasteiger partial charge >= 0.3 is 0 Å². The monoisotopic (exact) mass is 343 g/mol. The second-order valence-electron chi connectivity index (χ2n) is 5.07. The second-order valence-corrected chi connectivity index (χ2v) is 5.99. The molecular formula is C17H18BrN3. The quantitative estimate of drug-likeness (QED) is 0.741. The van der Waals surface area contributed by atoms with E-state index in [9.17, 15) is 0 Å². The van der Waals surface area contributed by atoms with Crippen LogP contribution in [0.3, 0.4) is 0 Å². The fourth-order valence-electron chi connectivity index (χ4n) is 2.57. The Morgan fingerprint density at radius 2 is 2.00 bits per heavy atom. The van der Waals surface area contributed by atoms with Crippen LogP contribution in [0.5, 0.6) is 0 Å². The molecule has 21 heavy (non-hydrogen) atoms. The summed E-state index contributed by atoms with van der Waals surface area (Å²) in [6.45, 7) is 5.91. The fourth-order valence-corrected chi connectivity index (χ4v) is 2.93. The Balaban J connectivity index is 1.89. The van der Waals surface area contributed by atoms with Crippen molar-refractivity contribution in [2.45, 2.75) is 26.9 Å². The van der Waals surface area contributed by atoms with Gasteiger partial charge in [0.25, 0.3) is 0 Å². The van der Waals surface area contributed by atoms with Gasteiger partial charge in [-0.05, 0) is 43.7 Å². The van der Waals surface area contributed by atoms with Gasteiger partial charge in [-0.15, -0.1) is 0 Å². The van der Waals surface area contributed by atoms with Crippen LogP contribution in [0.15, 0.2) is 46.9 Å². The first-order valence-corrected chi connectivity index (χ1v) is 7.92. The first kappa shape index (κ1) is 14.1. The zero-order valence-electron chi connectivity index (χ0n) is 12.2. The molecule has 2 aromatic carbocycles. The largest absolute Gasteiger partial charge is 0.378 e. The predicted molar refractivity (Wildman–Crippen MR) is 91.6 cm³/mol. The van der Waals surface area contributed by atoms with Gasteiger partial charge in [0.05, 0.1) is 17.6 Å². The minimum Gasteiger partial charge on any atom is -0.378 e. The van der Waals surface area contributed by atoms with E-state index in [0.717, 1.165) is 34.6 Å². The van der Waals surface area contributed by atoms with Gasteiger partial charge in [0.1, 0.15) is 5.82 Å². The maximum atomic E-state index is 4.74. The summed E-state index contributed by atoms with van der Waals surface area (Å²) in [5, 5.41) is 3.49. The zero-order chi connectivity index (χ0) is 14.8. The number of aromatic nitrogens is 2. The number of fused-ring (bicyclic) bond motifs is 1. The number of rotatable bonds is 4. The van der Waals surface area contributed by atoms with Crippen molar-refractivity contribution < 1.29 is 0 Å². The molecule has 0 radical (unpaired) electrons. The molecule has 108 valence electrons. The average molecular weight is 344 g/mol. The average Bonchev–Trinajstić information content (AvgIpc) is 2.85. The number of aryl methyl sites for hydroxylation is 2. The van der Waals surface area contributed by atoms with E-state index in [0.29, 0.717) is 0 Å². The number of benzene rings is 2. The SMILES string of the molecule is CCn1c(CNc2cc(Br)ccc2C)nc2ccccc21. The van der Waals surface area contributed by atoms with Gasteiger partial charge in [0, 0.05) is 16.7 Å². The van der Waals surface area contributed by atoms with Crippen LogP contribution in [-0.2, 0) is 13.1 Å². The van der Waals surface area contributed by atoms with E-state index < -0.39 is 0 Å². The third-order valence-electron chi connectivity index (χ3n) is 3.69. The van der Waals surface area contributed by atoms with Crippen LogP contribution in [0.2, 0.25) is 0 Å². The highest BCUT2D eigenvalue weighted by Crippen LogP contribution is 2.22. The Kier molecular flexibility index (Phi) is 3.97. The standard InChI is InChI=1S/C17H18BrN3/c1-3-21-16-7-5-4-6-14(16)20-17(21)11-19-15-10-13(18)9-8-12(15)2/h4-10,19H,3,11H2,1-2H3. The molecule has 0 fully saturated rings. The van der Waals surface area contributed by atoms with E-state index in [-0.39, 0.29) is 0 Å².